The van der Waals surface area contributed by atoms with Crippen molar-refractivity contribution >= 4 is 11.8 Å². The molecule has 3 saturated heterocycles. The molecule has 2 aromatic rings. The molecule has 30 heavy (non-hydrogen) atoms. The number of likely N-dealkylation sites (tertiary alicyclic amines) is 2. The normalized spacial score (nSPS) is 25.7. The van der Waals surface area contributed by atoms with Gasteiger partial charge in [0.15, 0.2) is 0 Å². The summed E-state index contributed by atoms with van der Waals surface area (Å²) in [5.41, 5.74) is 1.13. The summed E-state index contributed by atoms with van der Waals surface area (Å²) < 4.78 is 0. The molecule has 0 aromatic carbocycles. The number of pyridine rings is 1. The van der Waals surface area contributed by atoms with Crippen molar-refractivity contribution in [3.63, 3.8) is 0 Å². The summed E-state index contributed by atoms with van der Waals surface area (Å²) in [4.78, 5) is 42.4. The lowest BCUT2D eigenvalue weighted by molar-refractivity contribution is -0.133. The molecule has 1 atom stereocenters. The highest BCUT2D eigenvalue weighted by molar-refractivity contribution is 5.92. The fraction of sp³-hybridized carbons (Fsp3) is 0.500. The van der Waals surface area contributed by atoms with Gasteiger partial charge >= 0.3 is 0 Å². The first-order valence-electron chi connectivity index (χ1n) is 10.6. The first-order valence-corrected chi connectivity index (χ1v) is 10.6. The highest BCUT2D eigenvalue weighted by atomic mass is 16.2. The fourth-order valence-corrected chi connectivity index (χ4v) is 5.73. The Kier molecular flexibility index (Phi) is 4.73. The maximum atomic E-state index is 13.1. The van der Waals surface area contributed by atoms with E-state index in [0.29, 0.717) is 18.8 Å². The number of carbonyl (C=O) groups excluding carboxylic acids is 2. The molecule has 5 heterocycles. The van der Waals surface area contributed by atoms with E-state index in [1.807, 2.05) is 17.2 Å². The Morgan fingerprint density at radius 1 is 1.10 bits per heavy atom. The van der Waals surface area contributed by atoms with Crippen LogP contribution in [-0.4, -0.2) is 69.3 Å². The third-order valence-corrected chi connectivity index (χ3v) is 7.24. The Morgan fingerprint density at radius 2 is 1.97 bits per heavy atom. The van der Waals surface area contributed by atoms with Gasteiger partial charge in [-0.3, -0.25) is 19.5 Å². The van der Waals surface area contributed by atoms with Crippen LogP contribution in [0.3, 0.4) is 0 Å². The average Bonchev–Trinajstić information content (AvgIpc) is 3.30. The van der Waals surface area contributed by atoms with Crippen LogP contribution in [0, 0.1) is 10.8 Å². The number of hydrogen-bond donors (Lipinski definition) is 1. The van der Waals surface area contributed by atoms with Crippen LogP contribution in [0.4, 0.5) is 0 Å². The molecule has 8 heteroatoms. The van der Waals surface area contributed by atoms with Gasteiger partial charge in [0.05, 0.1) is 5.41 Å². The van der Waals surface area contributed by atoms with E-state index in [2.05, 4.69) is 31.2 Å². The monoisotopic (exact) mass is 406 g/mol. The Bertz CT molecular complexity index is 929. The van der Waals surface area contributed by atoms with Crippen molar-refractivity contribution in [1.82, 2.24) is 30.1 Å². The minimum atomic E-state index is -0.362. The van der Waals surface area contributed by atoms with Crippen molar-refractivity contribution in [3.05, 3.63) is 54.4 Å². The molecule has 0 aliphatic carbocycles. The van der Waals surface area contributed by atoms with Gasteiger partial charge in [-0.2, -0.15) is 0 Å². The largest absolute Gasteiger partial charge is 0.356 e. The first-order chi connectivity index (χ1) is 14.6. The number of carbonyl (C=O) groups is 2. The van der Waals surface area contributed by atoms with Crippen molar-refractivity contribution in [3.8, 4) is 0 Å². The quantitative estimate of drug-likeness (QED) is 0.821. The highest BCUT2D eigenvalue weighted by Crippen LogP contribution is 2.56. The standard InChI is InChI=1S/C22H26N6O2/c29-19(18-3-8-24-16-26-18)28-10-5-21(6-11-28)14-27(13-17-2-1-7-23-12-17)15-22(21)4-9-25-20(22)30/h1-3,7-8,12,16H,4-6,9-11,13-15H2,(H,25,30)/t22-/m1/s1. The highest BCUT2D eigenvalue weighted by Gasteiger charge is 2.63. The molecule has 2 amide bonds. The van der Waals surface area contributed by atoms with Gasteiger partial charge in [-0.25, -0.2) is 9.97 Å². The lowest BCUT2D eigenvalue weighted by atomic mass is 9.60. The van der Waals surface area contributed by atoms with Crippen molar-refractivity contribution in [2.24, 2.45) is 10.8 Å². The molecule has 2 aromatic heterocycles. The molecule has 2 spiro atoms. The van der Waals surface area contributed by atoms with Crippen molar-refractivity contribution in [2.45, 2.75) is 25.8 Å². The summed E-state index contributed by atoms with van der Waals surface area (Å²) in [6, 6.07) is 5.70. The lowest BCUT2D eigenvalue weighted by Crippen LogP contribution is -2.53. The van der Waals surface area contributed by atoms with Gasteiger partial charge in [0.25, 0.3) is 5.91 Å². The summed E-state index contributed by atoms with van der Waals surface area (Å²) in [5, 5.41) is 3.09. The molecule has 0 radical (unpaired) electrons. The minimum Gasteiger partial charge on any atom is -0.356 e. The maximum Gasteiger partial charge on any atom is 0.272 e. The smallest absolute Gasteiger partial charge is 0.272 e. The van der Waals surface area contributed by atoms with E-state index in [1.54, 1.807) is 18.5 Å². The maximum absolute atomic E-state index is 13.1. The minimum absolute atomic E-state index is 0.0533. The Labute approximate surface area is 175 Å². The number of nitrogens with zero attached hydrogens (tertiary/aromatic N) is 5. The van der Waals surface area contributed by atoms with Crippen LogP contribution in [-0.2, 0) is 11.3 Å². The number of piperidine rings is 1. The average molecular weight is 406 g/mol. The Morgan fingerprint density at radius 3 is 2.63 bits per heavy atom. The first kappa shape index (κ1) is 19.1. The second-order valence-corrected chi connectivity index (χ2v) is 8.76. The molecular formula is C22H26N6O2. The number of rotatable bonds is 3. The van der Waals surface area contributed by atoms with Crippen molar-refractivity contribution < 1.29 is 9.59 Å². The van der Waals surface area contributed by atoms with Crippen LogP contribution in [0.5, 0.6) is 0 Å². The molecule has 5 rings (SSSR count). The molecule has 8 nitrogen and oxygen atoms in total. The van der Waals surface area contributed by atoms with E-state index in [9.17, 15) is 9.59 Å². The van der Waals surface area contributed by atoms with Crippen LogP contribution in [0.15, 0.2) is 43.1 Å². The molecule has 156 valence electrons. The molecular weight excluding hydrogens is 380 g/mol. The Hall–Kier alpha value is -2.87. The predicted octanol–water partition coefficient (Wildman–Crippen LogP) is 1.12. The van der Waals surface area contributed by atoms with E-state index in [-0.39, 0.29) is 22.6 Å². The molecule has 3 aliphatic heterocycles. The summed E-state index contributed by atoms with van der Waals surface area (Å²) in [6.45, 7) is 4.49. The van der Waals surface area contributed by atoms with Gasteiger partial charge in [-0.1, -0.05) is 6.07 Å². The lowest BCUT2D eigenvalue weighted by Gasteiger charge is -2.46. The van der Waals surface area contributed by atoms with Crippen LogP contribution in [0.25, 0.3) is 0 Å². The summed E-state index contributed by atoms with van der Waals surface area (Å²) in [5.74, 6) is 0.133. The van der Waals surface area contributed by atoms with E-state index in [1.165, 1.54) is 11.9 Å². The number of hydrogen-bond acceptors (Lipinski definition) is 6. The molecule has 1 N–H and O–H groups in total. The van der Waals surface area contributed by atoms with Crippen LogP contribution >= 0.6 is 0 Å². The third-order valence-electron chi connectivity index (χ3n) is 7.24. The zero-order chi connectivity index (χ0) is 20.6. The van der Waals surface area contributed by atoms with Crippen molar-refractivity contribution in [1.29, 1.82) is 0 Å². The molecule has 0 bridgehead atoms. The summed E-state index contributed by atoms with van der Waals surface area (Å²) >= 11 is 0. The van der Waals surface area contributed by atoms with Gasteiger partial charge < -0.3 is 10.2 Å². The van der Waals surface area contributed by atoms with Crippen LogP contribution < -0.4 is 5.32 Å². The second kappa shape index (κ2) is 7.43. The van der Waals surface area contributed by atoms with E-state index < -0.39 is 0 Å². The van der Waals surface area contributed by atoms with Gasteiger partial charge in [0.1, 0.15) is 12.0 Å². The van der Waals surface area contributed by atoms with E-state index in [0.717, 1.165) is 45.4 Å². The SMILES string of the molecule is O=C(c1ccncn1)N1CCC2(CC1)CN(Cc1cccnc1)C[C@@]21CCNC1=O. The van der Waals surface area contributed by atoms with Crippen LogP contribution in [0.2, 0.25) is 0 Å². The molecule has 3 fully saturated rings. The predicted molar refractivity (Wildman–Crippen MR) is 109 cm³/mol. The fourth-order valence-electron chi connectivity index (χ4n) is 5.73. The molecule has 0 unspecified atom stereocenters. The summed E-state index contributed by atoms with van der Waals surface area (Å²) in [6.07, 6.45) is 9.22. The Balaban J connectivity index is 1.35. The molecule has 0 saturated carbocycles. The van der Waals surface area contributed by atoms with Crippen molar-refractivity contribution in [2.75, 3.05) is 32.7 Å². The summed E-state index contributed by atoms with van der Waals surface area (Å²) in [7, 11) is 0. The van der Waals surface area contributed by atoms with Gasteiger partial charge in [0.2, 0.25) is 5.91 Å². The van der Waals surface area contributed by atoms with E-state index in [4.69, 9.17) is 0 Å². The number of nitrogens with one attached hydrogen (secondary N) is 1. The van der Waals surface area contributed by atoms with Gasteiger partial charge in [0, 0.05) is 63.3 Å². The zero-order valence-corrected chi connectivity index (χ0v) is 17.0. The third kappa shape index (κ3) is 3.06. The van der Waals surface area contributed by atoms with E-state index >= 15 is 0 Å². The van der Waals surface area contributed by atoms with Crippen LogP contribution in [0.1, 0.15) is 35.3 Å². The number of fused-ring (bicyclic) bond motifs is 1. The number of amides is 2. The molecule has 3 aliphatic rings. The van der Waals surface area contributed by atoms with Gasteiger partial charge in [-0.15, -0.1) is 0 Å². The zero-order valence-electron chi connectivity index (χ0n) is 17.0. The topological polar surface area (TPSA) is 91.3 Å². The second-order valence-electron chi connectivity index (χ2n) is 8.76. The number of aromatic nitrogens is 3. The van der Waals surface area contributed by atoms with Gasteiger partial charge in [-0.05, 0) is 37.0 Å².